The maximum atomic E-state index is 14.5. The third kappa shape index (κ3) is 3.92. The predicted octanol–water partition coefficient (Wildman–Crippen LogP) is 4.71. The summed E-state index contributed by atoms with van der Waals surface area (Å²) in [6, 6.07) is 3.75. The Labute approximate surface area is 172 Å². The number of phenolic OH excluding ortho intramolecular Hbond substituents is 1. The molecule has 3 aromatic rings. The van der Waals surface area contributed by atoms with E-state index in [1.165, 1.54) is 6.92 Å². The molecule has 0 saturated heterocycles. The fraction of sp³-hybridized carbons (Fsp3) is 0.222. The van der Waals surface area contributed by atoms with E-state index in [2.05, 4.69) is 4.74 Å². The van der Waals surface area contributed by atoms with Crippen LogP contribution < -0.4 is 4.74 Å². The maximum absolute atomic E-state index is 14.5. The van der Waals surface area contributed by atoms with Crippen molar-refractivity contribution < 1.29 is 50.9 Å². The van der Waals surface area contributed by atoms with Gasteiger partial charge in [0.25, 0.3) is 5.91 Å². The summed E-state index contributed by atoms with van der Waals surface area (Å²) in [7, 11) is 0. The lowest BCUT2D eigenvalue weighted by Gasteiger charge is -2.18. The van der Waals surface area contributed by atoms with Crippen LogP contribution in [0.25, 0.3) is 10.9 Å². The summed E-state index contributed by atoms with van der Waals surface area (Å²) in [6.07, 6.45) is -12.2. The van der Waals surface area contributed by atoms with Gasteiger partial charge < -0.3 is 14.9 Å². The molecule has 2 heterocycles. The molecule has 166 valence electrons. The number of fused-ring (bicyclic) bond motifs is 1. The van der Waals surface area contributed by atoms with E-state index in [-0.39, 0.29) is 38.4 Å². The number of nitrogens with zero attached hydrogens (tertiary/aromatic N) is 1. The number of aromatic nitrogens is 1. The first kappa shape index (κ1) is 22.5. The van der Waals surface area contributed by atoms with Gasteiger partial charge in [-0.3, -0.25) is 14.2 Å². The zero-order chi connectivity index (χ0) is 23.3. The van der Waals surface area contributed by atoms with Gasteiger partial charge in [0.05, 0.1) is 16.8 Å². The van der Waals surface area contributed by atoms with Crippen LogP contribution in [0.15, 0.2) is 24.3 Å². The third-order valence-electron chi connectivity index (χ3n) is 4.30. The number of carboxylic acid groups (broad SMARTS) is 1. The Morgan fingerprint density at radius 3 is 2.35 bits per heavy atom. The molecular weight excluding hydrogens is 456 g/mol. The van der Waals surface area contributed by atoms with E-state index < -0.39 is 47.2 Å². The number of hydrogen-bond acceptors (Lipinski definition) is 5. The minimum absolute atomic E-state index is 0.0108. The standard InChI is InChI=1S/C18H11F6NO5S/c1-7-8(6-12(27)28)14-9(2-3-10(26)15(14)19)25(7)16(29)11-4-5-13(31-11)30-18(23,24)17(20,21)22/h2-5,26H,6H2,1H3,(H,27,28). The number of benzene rings is 1. The van der Waals surface area contributed by atoms with Crippen molar-refractivity contribution in [2.75, 3.05) is 0 Å². The Hall–Kier alpha value is -3.22. The van der Waals surface area contributed by atoms with Crippen LogP contribution in [0, 0.1) is 12.7 Å². The Morgan fingerprint density at radius 2 is 1.77 bits per heavy atom. The maximum Gasteiger partial charge on any atom is 0.499 e. The lowest BCUT2D eigenvalue weighted by atomic mass is 10.1. The highest BCUT2D eigenvalue weighted by Crippen LogP contribution is 2.40. The summed E-state index contributed by atoms with van der Waals surface area (Å²) in [6.45, 7) is 1.30. The lowest BCUT2D eigenvalue weighted by Crippen LogP contribution is -2.41. The molecule has 2 aromatic heterocycles. The van der Waals surface area contributed by atoms with Gasteiger partial charge >= 0.3 is 18.3 Å². The molecule has 0 radical (unpaired) electrons. The van der Waals surface area contributed by atoms with Crippen LogP contribution >= 0.6 is 11.3 Å². The number of halogens is 6. The van der Waals surface area contributed by atoms with Gasteiger partial charge in [0, 0.05) is 11.1 Å². The second kappa shape index (κ2) is 7.48. The van der Waals surface area contributed by atoms with E-state index in [4.69, 9.17) is 5.11 Å². The molecule has 0 amide bonds. The largest absolute Gasteiger partial charge is 0.505 e. The molecule has 13 heteroatoms. The molecule has 0 aliphatic rings. The molecule has 0 fully saturated rings. The monoisotopic (exact) mass is 467 g/mol. The van der Waals surface area contributed by atoms with Crippen molar-refractivity contribution >= 4 is 34.1 Å². The Bertz CT molecular complexity index is 1200. The SMILES string of the molecule is Cc1c(CC(=O)O)c2c(F)c(O)ccc2n1C(=O)c1ccc(OC(F)(F)C(F)(F)F)s1. The minimum Gasteiger partial charge on any atom is -0.505 e. The van der Waals surface area contributed by atoms with Crippen molar-refractivity contribution in [3.63, 3.8) is 0 Å². The number of aliphatic carboxylic acids is 1. The van der Waals surface area contributed by atoms with E-state index >= 15 is 0 Å². The molecule has 3 rings (SSSR count). The van der Waals surface area contributed by atoms with E-state index in [0.29, 0.717) is 0 Å². The molecule has 0 saturated carbocycles. The first-order valence-electron chi connectivity index (χ1n) is 8.26. The number of carbonyl (C=O) groups is 2. The summed E-state index contributed by atoms with van der Waals surface area (Å²) in [5, 5.41) is 17.5. The molecular formula is C18H11F6NO5S. The van der Waals surface area contributed by atoms with Crippen LogP contribution in [-0.4, -0.2) is 38.9 Å². The van der Waals surface area contributed by atoms with Crippen molar-refractivity contribution in [1.29, 1.82) is 0 Å². The highest BCUT2D eigenvalue weighted by molar-refractivity contribution is 7.15. The number of phenols is 1. The first-order valence-corrected chi connectivity index (χ1v) is 9.07. The molecule has 6 nitrogen and oxygen atoms in total. The number of carboxylic acids is 1. The van der Waals surface area contributed by atoms with E-state index in [1.54, 1.807) is 0 Å². The van der Waals surface area contributed by atoms with E-state index in [1.807, 2.05) is 0 Å². The fourth-order valence-electron chi connectivity index (χ4n) is 2.94. The van der Waals surface area contributed by atoms with Crippen molar-refractivity contribution in [2.45, 2.75) is 25.6 Å². The average Bonchev–Trinajstić information content (AvgIpc) is 3.19. The minimum atomic E-state index is -5.97. The molecule has 0 aliphatic heterocycles. The van der Waals surface area contributed by atoms with Crippen LogP contribution in [-0.2, 0) is 11.2 Å². The zero-order valence-corrected chi connectivity index (χ0v) is 16.1. The van der Waals surface area contributed by atoms with Crippen molar-refractivity contribution in [1.82, 2.24) is 4.57 Å². The number of hydrogen-bond donors (Lipinski definition) is 2. The van der Waals surface area contributed by atoms with Crippen LogP contribution in [0.3, 0.4) is 0 Å². The van der Waals surface area contributed by atoms with Crippen molar-refractivity contribution in [3.05, 3.63) is 46.2 Å². The predicted molar refractivity (Wildman–Crippen MR) is 95.3 cm³/mol. The number of rotatable bonds is 5. The molecule has 1 aromatic carbocycles. The normalized spacial score (nSPS) is 12.4. The number of ether oxygens (including phenoxy) is 1. The second-order valence-corrected chi connectivity index (χ2v) is 7.35. The molecule has 0 bridgehead atoms. The molecule has 31 heavy (non-hydrogen) atoms. The lowest BCUT2D eigenvalue weighted by molar-refractivity contribution is -0.359. The fourth-order valence-corrected chi connectivity index (χ4v) is 3.75. The highest BCUT2D eigenvalue weighted by atomic mass is 32.1. The van der Waals surface area contributed by atoms with Gasteiger partial charge in [0.15, 0.2) is 16.6 Å². The van der Waals surface area contributed by atoms with Gasteiger partial charge in [-0.15, -0.1) is 0 Å². The third-order valence-corrected chi connectivity index (χ3v) is 5.25. The first-order chi connectivity index (χ1) is 14.2. The van der Waals surface area contributed by atoms with Gasteiger partial charge in [-0.2, -0.15) is 22.0 Å². The smallest absolute Gasteiger partial charge is 0.499 e. The van der Waals surface area contributed by atoms with Gasteiger partial charge in [-0.05, 0) is 36.8 Å². The highest BCUT2D eigenvalue weighted by Gasteiger charge is 2.61. The second-order valence-electron chi connectivity index (χ2n) is 6.30. The van der Waals surface area contributed by atoms with Crippen molar-refractivity contribution in [3.8, 4) is 10.8 Å². The number of aromatic hydroxyl groups is 1. The van der Waals surface area contributed by atoms with Gasteiger partial charge in [-0.25, -0.2) is 4.39 Å². The van der Waals surface area contributed by atoms with Crippen LogP contribution in [0.5, 0.6) is 10.8 Å². The van der Waals surface area contributed by atoms with Gasteiger partial charge in [0.2, 0.25) is 0 Å². The molecule has 2 N–H and O–H groups in total. The van der Waals surface area contributed by atoms with E-state index in [0.717, 1.165) is 28.8 Å². The summed E-state index contributed by atoms with van der Waals surface area (Å²) in [4.78, 5) is 23.8. The quantitative estimate of drug-likeness (QED) is 0.531. The Kier molecular flexibility index (Phi) is 5.42. The van der Waals surface area contributed by atoms with Crippen LogP contribution in [0.2, 0.25) is 0 Å². The summed E-state index contributed by atoms with van der Waals surface area (Å²) in [5.74, 6) is -4.24. The molecule has 0 unspecified atom stereocenters. The molecule has 0 aliphatic carbocycles. The molecule has 0 spiro atoms. The average molecular weight is 467 g/mol. The Morgan fingerprint density at radius 1 is 1.13 bits per heavy atom. The summed E-state index contributed by atoms with van der Waals surface area (Å²) in [5.41, 5.74) is -0.241. The van der Waals surface area contributed by atoms with Gasteiger partial charge in [0.1, 0.15) is 0 Å². The summed E-state index contributed by atoms with van der Waals surface area (Å²) < 4.78 is 82.1. The topological polar surface area (TPSA) is 88.8 Å². The van der Waals surface area contributed by atoms with E-state index in [9.17, 15) is 41.0 Å². The van der Waals surface area contributed by atoms with Crippen LogP contribution in [0.4, 0.5) is 26.3 Å². The number of alkyl halides is 5. The van der Waals surface area contributed by atoms with Crippen LogP contribution in [0.1, 0.15) is 20.9 Å². The van der Waals surface area contributed by atoms with Gasteiger partial charge in [-0.1, -0.05) is 11.3 Å². The summed E-state index contributed by atoms with van der Waals surface area (Å²) >= 11 is 0.195. The molecule has 0 atom stereocenters. The number of carbonyl (C=O) groups excluding carboxylic acids is 1. The number of thiophene rings is 1. The zero-order valence-electron chi connectivity index (χ0n) is 15.3. The Balaban J connectivity index is 2.08. The van der Waals surface area contributed by atoms with Crippen molar-refractivity contribution in [2.24, 2.45) is 0 Å².